The van der Waals surface area contributed by atoms with Gasteiger partial charge in [0.15, 0.2) is 17.5 Å². The van der Waals surface area contributed by atoms with E-state index in [2.05, 4.69) is 140 Å². The molecule has 0 N–H and O–H groups in total. The van der Waals surface area contributed by atoms with Crippen molar-refractivity contribution in [2.75, 3.05) is 0 Å². The molecule has 0 aliphatic heterocycles. The van der Waals surface area contributed by atoms with Crippen molar-refractivity contribution in [3.05, 3.63) is 175 Å². The Balaban J connectivity index is 1.11. The van der Waals surface area contributed by atoms with E-state index in [4.69, 9.17) is 19.4 Å². The third-order valence-corrected chi connectivity index (χ3v) is 9.32. The largest absolute Gasteiger partial charge is 0.456 e. The van der Waals surface area contributed by atoms with Gasteiger partial charge in [-0.05, 0) is 46.4 Å². The minimum Gasteiger partial charge on any atom is -0.456 e. The molecule has 49 heavy (non-hydrogen) atoms. The Bertz CT molecular complexity index is 2490. The van der Waals surface area contributed by atoms with Crippen molar-refractivity contribution in [1.82, 2.24) is 15.0 Å². The van der Waals surface area contributed by atoms with Gasteiger partial charge in [-0.1, -0.05) is 158 Å². The number of fused-ring (bicyclic) bond motifs is 3. The summed E-state index contributed by atoms with van der Waals surface area (Å²) in [4.78, 5) is 15.1. The van der Waals surface area contributed by atoms with Crippen LogP contribution in [-0.4, -0.2) is 15.0 Å². The van der Waals surface area contributed by atoms with Gasteiger partial charge in [-0.2, -0.15) is 0 Å². The lowest BCUT2D eigenvalue weighted by Crippen LogP contribution is -2.01. The number of allylic oxidation sites excluding steroid dienone is 4. The molecule has 4 heteroatoms. The summed E-state index contributed by atoms with van der Waals surface area (Å²) < 4.78 is 6.16. The molecule has 1 atom stereocenters. The lowest BCUT2D eigenvalue weighted by molar-refractivity contribution is 0.669. The Kier molecular flexibility index (Phi) is 7.25. The molecule has 0 saturated carbocycles. The van der Waals surface area contributed by atoms with Crippen LogP contribution < -0.4 is 0 Å². The van der Waals surface area contributed by atoms with Crippen molar-refractivity contribution in [1.29, 1.82) is 0 Å². The van der Waals surface area contributed by atoms with Crippen molar-refractivity contribution in [2.24, 2.45) is 0 Å². The quantitative estimate of drug-likeness (QED) is 0.184. The first-order chi connectivity index (χ1) is 24.3. The van der Waals surface area contributed by atoms with Crippen molar-refractivity contribution in [3.63, 3.8) is 0 Å². The van der Waals surface area contributed by atoms with Crippen LogP contribution >= 0.6 is 0 Å². The molecular weight excluding hydrogens is 599 g/mol. The minimum absolute atomic E-state index is 0.385. The Hall–Kier alpha value is -6.39. The van der Waals surface area contributed by atoms with E-state index >= 15 is 0 Å². The number of hydrogen-bond donors (Lipinski definition) is 0. The maximum absolute atomic E-state index is 6.16. The summed E-state index contributed by atoms with van der Waals surface area (Å²) in [6.07, 6.45) is 9.72. The highest BCUT2D eigenvalue weighted by Crippen LogP contribution is 2.37. The van der Waals surface area contributed by atoms with Crippen LogP contribution in [0.3, 0.4) is 0 Å². The van der Waals surface area contributed by atoms with Gasteiger partial charge >= 0.3 is 0 Å². The van der Waals surface area contributed by atoms with E-state index in [1.165, 1.54) is 11.1 Å². The number of rotatable bonds is 6. The molecule has 6 aromatic carbocycles. The molecule has 0 saturated heterocycles. The smallest absolute Gasteiger partial charge is 0.164 e. The second-order valence-corrected chi connectivity index (χ2v) is 12.4. The van der Waals surface area contributed by atoms with Crippen LogP contribution in [0, 0.1) is 0 Å². The number of aromatic nitrogens is 3. The molecular formula is C45H31N3O. The second kappa shape index (κ2) is 12.3. The molecule has 0 fully saturated rings. The molecule has 1 unspecified atom stereocenters. The van der Waals surface area contributed by atoms with Gasteiger partial charge in [-0.15, -0.1) is 0 Å². The van der Waals surface area contributed by atoms with E-state index in [1.54, 1.807) is 0 Å². The normalized spacial score (nSPS) is 14.1. The van der Waals surface area contributed by atoms with Crippen LogP contribution in [-0.2, 0) is 0 Å². The van der Waals surface area contributed by atoms with Crippen LogP contribution in [0.4, 0.5) is 0 Å². The maximum atomic E-state index is 6.16. The van der Waals surface area contributed by atoms with Gasteiger partial charge in [0.25, 0.3) is 0 Å². The fourth-order valence-electron chi connectivity index (χ4n) is 6.73. The highest BCUT2D eigenvalue weighted by Gasteiger charge is 2.16. The molecule has 9 rings (SSSR count). The Morgan fingerprint density at radius 3 is 1.65 bits per heavy atom. The number of furan rings is 1. The predicted octanol–water partition coefficient (Wildman–Crippen LogP) is 11.7. The van der Waals surface area contributed by atoms with Crippen LogP contribution in [0.5, 0.6) is 0 Å². The van der Waals surface area contributed by atoms with Crippen molar-refractivity contribution >= 4 is 21.9 Å². The summed E-state index contributed by atoms with van der Waals surface area (Å²) in [7, 11) is 0. The summed E-state index contributed by atoms with van der Waals surface area (Å²) in [5.41, 5.74) is 10.4. The molecule has 0 radical (unpaired) electrons. The van der Waals surface area contributed by atoms with Crippen LogP contribution in [0.2, 0.25) is 0 Å². The van der Waals surface area contributed by atoms with E-state index < -0.39 is 0 Å². The van der Waals surface area contributed by atoms with Gasteiger partial charge in [0, 0.05) is 33.4 Å². The highest BCUT2D eigenvalue weighted by molar-refractivity contribution is 6.12. The average Bonchev–Trinajstić information content (AvgIpc) is 3.58. The second-order valence-electron chi connectivity index (χ2n) is 12.4. The van der Waals surface area contributed by atoms with E-state index in [9.17, 15) is 0 Å². The van der Waals surface area contributed by atoms with Gasteiger partial charge in [0.1, 0.15) is 11.2 Å². The Labute approximate surface area is 284 Å². The minimum atomic E-state index is 0.385. The molecule has 2 heterocycles. The van der Waals surface area contributed by atoms with Crippen LogP contribution in [0.15, 0.2) is 174 Å². The van der Waals surface area contributed by atoms with Crippen molar-refractivity contribution in [2.45, 2.75) is 12.3 Å². The molecule has 232 valence electrons. The molecule has 1 aliphatic carbocycles. The Morgan fingerprint density at radius 1 is 0.449 bits per heavy atom. The maximum Gasteiger partial charge on any atom is 0.164 e. The lowest BCUT2D eigenvalue weighted by Gasteiger charge is -2.14. The van der Waals surface area contributed by atoms with Gasteiger partial charge in [0.2, 0.25) is 0 Å². The van der Waals surface area contributed by atoms with Gasteiger partial charge < -0.3 is 4.42 Å². The summed E-state index contributed by atoms with van der Waals surface area (Å²) >= 11 is 0. The van der Waals surface area contributed by atoms with Crippen LogP contribution in [0.25, 0.3) is 78.4 Å². The third kappa shape index (κ3) is 5.53. The van der Waals surface area contributed by atoms with Crippen molar-refractivity contribution in [3.8, 4) is 56.4 Å². The standard InChI is InChI=1S/C45H31N3O/c1-3-10-30(11-4-1)32-18-24-35(25-19-32)43-46-44(36-26-20-33(21-27-36)31-12-5-2-6-13-31)48-45(47-43)37-28-22-34(23-29-37)38-15-9-17-41-42(38)39-14-7-8-16-40(39)49-41/h1-12,14-29,31H,13H2. The van der Waals surface area contributed by atoms with Gasteiger partial charge in [-0.3, -0.25) is 0 Å². The van der Waals surface area contributed by atoms with E-state index in [0.717, 1.165) is 61.7 Å². The zero-order valence-corrected chi connectivity index (χ0v) is 26.7. The molecule has 2 aromatic heterocycles. The topological polar surface area (TPSA) is 51.8 Å². The van der Waals surface area contributed by atoms with Gasteiger partial charge in [0.05, 0.1) is 0 Å². The van der Waals surface area contributed by atoms with E-state index in [1.807, 2.05) is 30.3 Å². The van der Waals surface area contributed by atoms with Crippen molar-refractivity contribution < 1.29 is 4.42 Å². The summed E-state index contributed by atoms with van der Waals surface area (Å²) in [5.74, 6) is 2.31. The lowest BCUT2D eigenvalue weighted by atomic mass is 9.92. The van der Waals surface area contributed by atoms with Gasteiger partial charge in [-0.25, -0.2) is 15.0 Å². The predicted molar refractivity (Wildman–Crippen MR) is 200 cm³/mol. The molecule has 0 amide bonds. The average molecular weight is 630 g/mol. The Morgan fingerprint density at radius 2 is 1.00 bits per heavy atom. The molecule has 0 bridgehead atoms. The monoisotopic (exact) mass is 629 g/mol. The molecule has 4 nitrogen and oxygen atoms in total. The molecule has 0 spiro atoms. The van der Waals surface area contributed by atoms with Crippen LogP contribution in [0.1, 0.15) is 17.9 Å². The fraction of sp³-hybridized carbons (Fsp3) is 0.0444. The molecule has 8 aromatic rings. The number of hydrogen-bond acceptors (Lipinski definition) is 4. The van der Waals surface area contributed by atoms with E-state index in [0.29, 0.717) is 23.4 Å². The SMILES string of the molecule is C1=CCC(c2ccc(-c3nc(-c4ccc(-c5ccccc5)cc4)nc(-c4ccc(-c5cccc6oc7ccccc7c56)cc4)n3)cc2)C=C1. The zero-order valence-electron chi connectivity index (χ0n) is 26.7. The molecule has 1 aliphatic rings. The summed E-state index contributed by atoms with van der Waals surface area (Å²) in [6, 6.07) is 50.4. The highest BCUT2D eigenvalue weighted by atomic mass is 16.3. The first-order valence-electron chi connectivity index (χ1n) is 16.6. The number of benzene rings is 6. The first kappa shape index (κ1) is 28.8. The summed E-state index contributed by atoms with van der Waals surface area (Å²) in [5, 5.41) is 2.24. The fourth-order valence-corrected chi connectivity index (χ4v) is 6.73. The zero-order chi connectivity index (χ0) is 32.6. The summed E-state index contributed by atoms with van der Waals surface area (Å²) in [6.45, 7) is 0. The van der Waals surface area contributed by atoms with E-state index in [-0.39, 0.29) is 0 Å². The first-order valence-corrected chi connectivity index (χ1v) is 16.6. The number of para-hydroxylation sites is 1. The third-order valence-electron chi connectivity index (χ3n) is 9.32. The number of nitrogens with zero attached hydrogens (tertiary/aromatic N) is 3.